The first-order chi connectivity index (χ1) is 10.4. The first-order valence-corrected chi connectivity index (χ1v) is 6.30. The van der Waals surface area contributed by atoms with Gasteiger partial charge in [0.2, 0.25) is 0 Å². The van der Waals surface area contributed by atoms with Gasteiger partial charge in [-0.15, -0.1) is 0 Å². The third-order valence-electron chi connectivity index (χ3n) is 3.00. The predicted molar refractivity (Wildman–Crippen MR) is 71.6 cm³/mol. The highest BCUT2D eigenvalue weighted by Gasteiger charge is 2.33. The number of aromatic nitrogens is 3. The molecule has 5 nitrogen and oxygen atoms in total. The lowest BCUT2D eigenvalue weighted by atomic mass is 10.3. The van der Waals surface area contributed by atoms with Crippen molar-refractivity contribution in [1.29, 1.82) is 0 Å². The molecule has 0 saturated heterocycles. The molecule has 0 bridgehead atoms. The molecule has 22 heavy (non-hydrogen) atoms. The number of para-hydroxylation sites is 1. The summed E-state index contributed by atoms with van der Waals surface area (Å²) in [5.74, 6) is 0.566. The van der Waals surface area contributed by atoms with Gasteiger partial charge in [-0.1, -0.05) is 18.2 Å². The van der Waals surface area contributed by atoms with E-state index in [4.69, 9.17) is 4.74 Å². The Hall–Kier alpha value is -2.77. The molecule has 3 aromatic rings. The van der Waals surface area contributed by atoms with Crippen molar-refractivity contribution >= 4 is 5.65 Å². The number of alkyl halides is 3. The zero-order valence-electron chi connectivity index (χ0n) is 11.1. The van der Waals surface area contributed by atoms with E-state index in [1.165, 1.54) is 6.20 Å². The lowest BCUT2D eigenvalue weighted by Gasteiger charge is -2.07. The highest BCUT2D eigenvalue weighted by Crippen LogP contribution is 2.27. The van der Waals surface area contributed by atoms with Gasteiger partial charge < -0.3 is 4.74 Å². The van der Waals surface area contributed by atoms with Gasteiger partial charge in [0.05, 0.1) is 5.56 Å². The van der Waals surface area contributed by atoms with Crippen LogP contribution in [0.5, 0.6) is 5.75 Å². The van der Waals surface area contributed by atoms with E-state index in [1.807, 2.05) is 6.07 Å². The van der Waals surface area contributed by atoms with Crippen LogP contribution in [0, 0.1) is 0 Å². The molecule has 2 aromatic heterocycles. The van der Waals surface area contributed by atoms with Gasteiger partial charge in [0.1, 0.15) is 12.4 Å². The summed E-state index contributed by atoms with van der Waals surface area (Å²) in [6.07, 6.45) is -3.28. The molecule has 2 heterocycles. The minimum atomic E-state index is -4.68. The summed E-state index contributed by atoms with van der Waals surface area (Å²) in [7, 11) is 0. The zero-order chi connectivity index (χ0) is 15.7. The van der Waals surface area contributed by atoms with Crippen molar-refractivity contribution in [2.75, 3.05) is 0 Å². The fraction of sp³-hybridized carbons (Fsp3) is 0.143. The standard InChI is InChI=1S/C14H10F3N3O2/c15-14(16,17)11-6-12(21)20-13(19-11)9(7-18-20)8-22-10-4-2-1-3-5-10/h1-7,18H,8H2. The SMILES string of the molecule is O=c1cc(C(F)(F)F)nc2c(COc3ccccc3)c[nH]n12. The fourth-order valence-electron chi connectivity index (χ4n) is 1.96. The van der Waals surface area contributed by atoms with Gasteiger partial charge in [0.25, 0.3) is 5.56 Å². The van der Waals surface area contributed by atoms with Crippen molar-refractivity contribution in [3.05, 3.63) is 64.2 Å². The van der Waals surface area contributed by atoms with Gasteiger partial charge in [0.15, 0.2) is 11.3 Å². The maximum atomic E-state index is 12.7. The molecule has 0 radical (unpaired) electrons. The average molecular weight is 309 g/mol. The molecule has 0 amide bonds. The second-order valence-electron chi connectivity index (χ2n) is 4.54. The molecule has 114 valence electrons. The van der Waals surface area contributed by atoms with E-state index in [-0.39, 0.29) is 12.3 Å². The first kappa shape index (κ1) is 14.2. The van der Waals surface area contributed by atoms with Crippen molar-refractivity contribution in [3.8, 4) is 5.75 Å². The highest BCUT2D eigenvalue weighted by molar-refractivity contribution is 5.46. The second-order valence-corrected chi connectivity index (χ2v) is 4.54. The third-order valence-corrected chi connectivity index (χ3v) is 3.00. The number of hydrogen-bond acceptors (Lipinski definition) is 3. The van der Waals surface area contributed by atoms with Crippen LogP contribution in [0.2, 0.25) is 0 Å². The molecule has 8 heteroatoms. The number of aromatic amines is 1. The van der Waals surface area contributed by atoms with Gasteiger partial charge in [-0.2, -0.15) is 13.2 Å². The summed E-state index contributed by atoms with van der Waals surface area (Å²) in [6.45, 7) is -0.00916. The monoisotopic (exact) mass is 309 g/mol. The van der Waals surface area contributed by atoms with E-state index in [0.717, 1.165) is 4.52 Å². The molecule has 0 aliphatic carbocycles. The Morgan fingerprint density at radius 1 is 1.23 bits per heavy atom. The maximum absolute atomic E-state index is 12.7. The van der Waals surface area contributed by atoms with Crippen molar-refractivity contribution < 1.29 is 17.9 Å². The van der Waals surface area contributed by atoms with E-state index in [0.29, 0.717) is 17.4 Å². The largest absolute Gasteiger partial charge is 0.489 e. The van der Waals surface area contributed by atoms with Gasteiger partial charge in [-0.3, -0.25) is 9.89 Å². The normalized spacial score (nSPS) is 11.8. The topological polar surface area (TPSA) is 59.4 Å². The molecule has 1 N–H and O–H groups in total. The predicted octanol–water partition coefficient (Wildman–Crippen LogP) is 2.62. The summed E-state index contributed by atoms with van der Waals surface area (Å²) >= 11 is 0. The van der Waals surface area contributed by atoms with Crippen molar-refractivity contribution in [2.24, 2.45) is 0 Å². The minimum absolute atomic E-state index is 0.00916. The summed E-state index contributed by atoms with van der Waals surface area (Å²) in [5.41, 5.74) is -1.80. The lowest BCUT2D eigenvalue weighted by Crippen LogP contribution is -2.20. The molecule has 0 saturated carbocycles. The van der Waals surface area contributed by atoms with Crippen molar-refractivity contribution in [3.63, 3.8) is 0 Å². The molecule has 0 spiro atoms. The summed E-state index contributed by atoms with van der Waals surface area (Å²) in [4.78, 5) is 15.2. The van der Waals surface area contributed by atoms with Crippen molar-refractivity contribution in [1.82, 2.24) is 14.6 Å². The number of nitrogens with zero attached hydrogens (tertiary/aromatic N) is 2. The summed E-state index contributed by atoms with van der Waals surface area (Å²) in [5, 5.41) is 2.57. The van der Waals surface area contributed by atoms with Gasteiger partial charge in [-0.25, -0.2) is 9.50 Å². The van der Waals surface area contributed by atoms with Crippen molar-refractivity contribution in [2.45, 2.75) is 12.8 Å². The van der Waals surface area contributed by atoms with Crippen LogP contribution >= 0.6 is 0 Å². The third kappa shape index (κ3) is 2.67. The number of nitrogens with one attached hydrogen (secondary N) is 1. The average Bonchev–Trinajstić information content (AvgIpc) is 2.89. The van der Waals surface area contributed by atoms with Crippen LogP contribution in [0.25, 0.3) is 5.65 Å². The molecule has 0 fully saturated rings. The number of halogens is 3. The molecular formula is C14H10F3N3O2. The number of fused-ring (bicyclic) bond motifs is 1. The van der Waals surface area contributed by atoms with Crippen LogP contribution in [-0.4, -0.2) is 14.6 Å². The Balaban J connectivity index is 1.97. The smallest absolute Gasteiger partial charge is 0.433 e. The number of rotatable bonds is 3. The number of hydrogen-bond donors (Lipinski definition) is 1. The van der Waals surface area contributed by atoms with Crippen LogP contribution in [0.4, 0.5) is 13.2 Å². The van der Waals surface area contributed by atoms with E-state index >= 15 is 0 Å². The van der Waals surface area contributed by atoms with Gasteiger partial charge >= 0.3 is 6.18 Å². The number of H-pyrrole nitrogens is 1. The van der Waals surface area contributed by atoms with E-state index in [2.05, 4.69) is 10.1 Å². The van der Waals surface area contributed by atoms with Crippen LogP contribution in [0.1, 0.15) is 11.3 Å². The first-order valence-electron chi connectivity index (χ1n) is 6.30. The van der Waals surface area contributed by atoms with Crippen LogP contribution in [-0.2, 0) is 12.8 Å². The Morgan fingerprint density at radius 2 is 1.95 bits per heavy atom. The lowest BCUT2D eigenvalue weighted by molar-refractivity contribution is -0.141. The maximum Gasteiger partial charge on any atom is 0.433 e. The van der Waals surface area contributed by atoms with Crippen LogP contribution in [0.3, 0.4) is 0 Å². The zero-order valence-corrected chi connectivity index (χ0v) is 11.1. The minimum Gasteiger partial charge on any atom is -0.489 e. The Kier molecular flexibility index (Phi) is 3.36. The number of benzene rings is 1. The van der Waals surface area contributed by atoms with E-state index in [1.54, 1.807) is 24.3 Å². The molecule has 3 rings (SSSR count). The fourth-order valence-corrected chi connectivity index (χ4v) is 1.96. The van der Waals surface area contributed by atoms with E-state index < -0.39 is 17.4 Å². The van der Waals surface area contributed by atoms with Gasteiger partial charge in [-0.05, 0) is 12.1 Å². The molecule has 1 aromatic carbocycles. The Bertz CT molecular complexity index is 853. The summed E-state index contributed by atoms with van der Waals surface area (Å²) < 4.78 is 44.6. The van der Waals surface area contributed by atoms with Crippen LogP contribution < -0.4 is 10.3 Å². The number of ether oxygens (including phenoxy) is 1. The molecule has 0 atom stereocenters. The van der Waals surface area contributed by atoms with Crippen LogP contribution in [0.15, 0.2) is 47.4 Å². The quantitative estimate of drug-likeness (QED) is 0.809. The molecule has 0 aliphatic heterocycles. The molecule has 0 unspecified atom stereocenters. The van der Waals surface area contributed by atoms with Gasteiger partial charge in [0, 0.05) is 12.3 Å². The van der Waals surface area contributed by atoms with E-state index in [9.17, 15) is 18.0 Å². The Morgan fingerprint density at radius 3 is 2.64 bits per heavy atom. The highest BCUT2D eigenvalue weighted by atomic mass is 19.4. The second kappa shape index (κ2) is 5.21. The Labute approximate surface area is 122 Å². The summed E-state index contributed by atoms with van der Waals surface area (Å²) in [6, 6.07) is 9.25. The molecular weight excluding hydrogens is 299 g/mol. The molecule has 0 aliphatic rings.